The molecule has 2 aliphatic carbocycles. The molecule has 3 atom stereocenters. The van der Waals surface area contributed by atoms with Crippen LogP contribution in [-0.2, 0) is 0 Å². The summed E-state index contributed by atoms with van der Waals surface area (Å²) in [7, 11) is 0. The fourth-order valence-corrected chi connectivity index (χ4v) is 4.82. The van der Waals surface area contributed by atoms with Gasteiger partial charge in [-0.15, -0.1) is 11.3 Å². The lowest BCUT2D eigenvalue weighted by Gasteiger charge is -2.36. The summed E-state index contributed by atoms with van der Waals surface area (Å²) < 4.78 is 0. The molecule has 112 valence electrons. The molecule has 0 radical (unpaired) electrons. The molecule has 1 aromatic rings. The summed E-state index contributed by atoms with van der Waals surface area (Å²) in [5, 5.41) is 1.98. The highest BCUT2D eigenvalue weighted by atomic mass is 32.1. The number of carbonyl (C=O) groups is 1. The SMILES string of the molecule is O=C(c1cccs1)N1CCN(C[C@H]2C[C@H]3C=C[C@H]2C3)CC1. The maximum atomic E-state index is 12.3. The van der Waals surface area contributed by atoms with Crippen LogP contribution < -0.4 is 0 Å². The summed E-state index contributed by atoms with van der Waals surface area (Å²) in [4.78, 5) is 17.8. The van der Waals surface area contributed by atoms with Crippen molar-refractivity contribution in [1.82, 2.24) is 9.80 Å². The van der Waals surface area contributed by atoms with Crippen LogP contribution in [0.1, 0.15) is 22.5 Å². The van der Waals surface area contributed by atoms with Gasteiger partial charge in [-0.1, -0.05) is 18.2 Å². The topological polar surface area (TPSA) is 23.6 Å². The van der Waals surface area contributed by atoms with E-state index in [4.69, 9.17) is 0 Å². The second-order valence-electron chi connectivity index (χ2n) is 6.61. The fourth-order valence-electron chi connectivity index (χ4n) is 4.13. The average molecular weight is 302 g/mol. The first-order valence-electron chi connectivity index (χ1n) is 8.03. The Kier molecular flexibility index (Phi) is 3.59. The zero-order valence-corrected chi connectivity index (χ0v) is 13.1. The number of carbonyl (C=O) groups excluding carboxylic acids is 1. The number of amides is 1. The summed E-state index contributed by atoms with van der Waals surface area (Å²) in [6.45, 7) is 5.07. The molecule has 1 saturated carbocycles. The Labute approximate surface area is 130 Å². The number of hydrogen-bond acceptors (Lipinski definition) is 3. The van der Waals surface area contributed by atoms with Gasteiger partial charge in [0.1, 0.15) is 0 Å². The molecule has 3 nitrogen and oxygen atoms in total. The molecule has 2 bridgehead atoms. The van der Waals surface area contributed by atoms with E-state index in [1.54, 1.807) is 11.3 Å². The Morgan fingerprint density at radius 1 is 1.19 bits per heavy atom. The monoisotopic (exact) mass is 302 g/mol. The van der Waals surface area contributed by atoms with Crippen molar-refractivity contribution in [2.75, 3.05) is 32.7 Å². The van der Waals surface area contributed by atoms with Crippen LogP contribution in [0.2, 0.25) is 0 Å². The van der Waals surface area contributed by atoms with Gasteiger partial charge in [-0.25, -0.2) is 0 Å². The van der Waals surface area contributed by atoms with Crippen LogP contribution in [0.3, 0.4) is 0 Å². The number of piperazine rings is 1. The van der Waals surface area contributed by atoms with Crippen LogP contribution in [-0.4, -0.2) is 48.4 Å². The maximum absolute atomic E-state index is 12.3. The lowest BCUT2D eigenvalue weighted by Crippen LogP contribution is -2.49. The van der Waals surface area contributed by atoms with Gasteiger partial charge < -0.3 is 4.90 Å². The van der Waals surface area contributed by atoms with Crippen molar-refractivity contribution in [3.8, 4) is 0 Å². The Hall–Kier alpha value is -1.13. The fraction of sp³-hybridized carbons (Fsp3) is 0.588. The van der Waals surface area contributed by atoms with Crippen molar-refractivity contribution in [1.29, 1.82) is 0 Å². The van der Waals surface area contributed by atoms with E-state index in [-0.39, 0.29) is 5.91 Å². The smallest absolute Gasteiger partial charge is 0.264 e. The highest BCUT2D eigenvalue weighted by Crippen LogP contribution is 2.43. The van der Waals surface area contributed by atoms with Gasteiger partial charge in [0.25, 0.3) is 5.91 Å². The Bertz CT molecular complexity index is 531. The van der Waals surface area contributed by atoms with Crippen LogP contribution in [0.25, 0.3) is 0 Å². The first kappa shape index (κ1) is 13.5. The summed E-state index contributed by atoms with van der Waals surface area (Å²) in [6, 6.07) is 3.89. The zero-order chi connectivity index (χ0) is 14.2. The van der Waals surface area contributed by atoms with Gasteiger partial charge in [0, 0.05) is 32.7 Å². The summed E-state index contributed by atoms with van der Waals surface area (Å²) in [5.74, 6) is 2.77. The third-order valence-corrected chi connectivity index (χ3v) is 6.16. The van der Waals surface area contributed by atoms with Crippen molar-refractivity contribution in [3.05, 3.63) is 34.5 Å². The highest BCUT2D eigenvalue weighted by Gasteiger charge is 2.36. The number of fused-ring (bicyclic) bond motifs is 2. The zero-order valence-electron chi connectivity index (χ0n) is 12.3. The van der Waals surface area contributed by atoms with Crippen molar-refractivity contribution in [3.63, 3.8) is 0 Å². The summed E-state index contributed by atoms with van der Waals surface area (Å²) >= 11 is 1.55. The van der Waals surface area contributed by atoms with Gasteiger partial charge in [-0.3, -0.25) is 9.69 Å². The normalized spacial score (nSPS) is 32.0. The molecule has 1 aromatic heterocycles. The lowest BCUT2D eigenvalue weighted by atomic mass is 9.93. The maximum Gasteiger partial charge on any atom is 0.264 e. The molecule has 2 fully saturated rings. The molecule has 0 N–H and O–H groups in total. The predicted molar refractivity (Wildman–Crippen MR) is 85.5 cm³/mol. The molecular formula is C17H22N2OS. The molecule has 1 saturated heterocycles. The molecule has 2 heterocycles. The molecule has 4 rings (SSSR count). The van der Waals surface area contributed by atoms with Crippen LogP contribution in [0.4, 0.5) is 0 Å². The van der Waals surface area contributed by atoms with E-state index in [0.29, 0.717) is 0 Å². The minimum absolute atomic E-state index is 0.215. The summed E-state index contributed by atoms with van der Waals surface area (Å²) in [6.07, 6.45) is 7.63. The van der Waals surface area contributed by atoms with E-state index < -0.39 is 0 Å². The van der Waals surface area contributed by atoms with Gasteiger partial charge in [-0.2, -0.15) is 0 Å². The van der Waals surface area contributed by atoms with E-state index in [0.717, 1.165) is 48.8 Å². The minimum Gasteiger partial charge on any atom is -0.335 e. The third kappa shape index (κ3) is 2.67. The van der Waals surface area contributed by atoms with E-state index in [1.807, 2.05) is 22.4 Å². The number of thiophene rings is 1. The van der Waals surface area contributed by atoms with Crippen molar-refractivity contribution >= 4 is 17.2 Å². The predicted octanol–water partition coefficient (Wildman–Crippen LogP) is 2.72. The molecular weight excluding hydrogens is 280 g/mol. The van der Waals surface area contributed by atoms with Crippen LogP contribution in [0.5, 0.6) is 0 Å². The Morgan fingerprint density at radius 3 is 2.67 bits per heavy atom. The number of allylic oxidation sites excluding steroid dienone is 2. The quantitative estimate of drug-likeness (QED) is 0.802. The Morgan fingerprint density at radius 2 is 2.05 bits per heavy atom. The first-order chi connectivity index (χ1) is 10.3. The standard InChI is InChI=1S/C17H22N2OS/c20-17(16-2-1-9-21-16)19-7-5-18(6-8-19)12-15-11-13-3-4-14(15)10-13/h1-4,9,13-15H,5-8,10-12H2/t13-,14-,15+/m0/s1. The first-order valence-corrected chi connectivity index (χ1v) is 8.91. The number of hydrogen-bond donors (Lipinski definition) is 0. The molecule has 1 aliphatic heterocycles. The molecule has 0 aromatic carbocycles. The third-order valence-electron chi connectivity index (χ3n) is 5.30. The van der Waals surface area contributed by atoms with Crippen LogP contribution >= 0.6 is 11.3 Å². The van der Waals surface area contributed by atoms with Crippen LogP contribution in [0.15, 0.2) is 29.7 Å². The van der Waals surface area contributed by atoms with Crippen molar-refractivity contribution in [2.45, 2.75) is 12.8 Å². The van der Waals surface area contributed by atoms with Gasteiger partial charge in [0.05, 0.1) is 4.88 Å². The lowest BCUT2D eigenvalue weighted by molar-refractivity contribution is 0.0615. The molecule has 4 heteroatoms. The number of nitrogens with zero attached hydrogens (tertiary/aromatic N) is 2. The van der Waals surface area contributed by atoms with Gasteiger partial charge >= 0.3 is 0 Å². The largest absolute Gasteiger partial charge is 0.335 e. The van der Waals surface area contributed by atoms with Crippen molar-refractivity contribution < 1.29 is 4.79 Å². The summed E-state index contributed by atoms with van der Waals surface area (Å²) in [5.41, 5.74) is 0. The molecule has 21 heavy (non-hydrogen) atoms. The average Bonchev–Trinajstić information content (AvgIpc) is 3.25. The second-order valence-corrected chi connectivity index (χ2v) is 7.56. The van der Waals surface area contributed by atoms with Gasteiger partial charge in [-0.05, 0) is 42.0 Å². The van der Waals surface area contributed by atoms with E-state index in [2.05, 4.69) is 17.1 Å². The van der Waals surface area contributed by atoms with Crippen LogP contribution in [0, 0.1) is 17.8 Å². The number of rotatable bonds is 3. The second kappa shape index (κ2) is 5.58. The molecule has 0 spiro atoms. The van der Waals surface area contributed by atoms with E-state index in [9.17, 15) is 4.79 Å². The highest BCUT2D eigenvalue weighted by molar-refractivity contribution is 7.12. The van der Waals surface area contributed by atoms with Gasteiger partial charge in [0.15, 0.2) is 0 Å². The molecule has 3 aliphatic rings. The minimum atomic E-state index is 0.215. The van der Waals surface area contributed by atoms with E-state index in [1.165, 1.54) is 19.4 Å². The molecule has 0 unspecified atom stereocenters. The van der Waals surface area contributed by atoms with Gasteiger partial charge in [0.2, 0.25) is 0 Å². The van der Waals surface area contributed by atoms with Crippen molar-refractivity contribution in [2.24, 2.45) is 17.8 Å². The molecule has 1 amide bonds. The van der Waals surface area contributed by atoms with E-state index >= 15 is 0 Å². The Balaban J connectivity index is 1.29.